The van der Waals surface area contributed by atoms with E-state index >= 15 is 0 Å². The van der Waals surface area contributed by atoms with Crippen LogP contribution < -0.4 is 5.32 Å². The number of hydrogen-bond donors (Lipinski definition) is 4. The Kier molecular flexibility index (Phi) is 11.8. The SMILES string of the molecule is CC(C)C[C@H](O)[C@H](O)[C@H](CC1CCCCC1)N(CC1CC1)C(=O)[C@@H](CC(=O)NCC1(O)CCCCC1)CC1CC1. The van der Waals surface area contributed by atoms with Crippen molar-refractivity contribution in [3.63, 3.8) is 0 Å². The van der Waals surface area contributed by atoms with E-state index in [-0.39, 0.29) is 30.7 Å². The topological polar surface area (TPSA) is 110 Å². The number of carbonyl (C=O) groups excluding carboxylic acids is 2. The highest BCUT2D eigenvalue weighted by Crippen LogP contribution is 2.39. The molecular formula is C33H58N2O5. The molecule has 4 N–H and O–H groups in total. The fourth-order valence-corrected chi connectivity index (χ4v) is 7.27. The molecule has 0 heterocycles. The van der Waals surface area contributed by atoms with Gasteiger partial charge in [-0.05, 0) is 68.6 Å². The smallest absolute Gasteiger partial charge is 0.226 e. The van der Waals surface area contributed by atoms with Crippen LogP contribution in [0.4, 0.5) is 0 Å². The van der Waals surface area contributed by atoms with Crippen molar-refractivity contribution < 1.29 is 24.9 Å². The van der Waals surface area contributed by atoms with Crippen LogP contribution in [0.2, 0.25) is 0 Å². The predicted octanol–water partition coefficient (Wildman–Crippen LogP) is 4.95. The molecule has 0 aromatic rings. The highest BCUT2D eigenvalue weighted by Gasteiger charge is 2.42. The second kappa shape index (κ2) is 14.8. The number of nitrogens with zero attached hydrogens (tertiary/aromatic N) is 1. The molecule has 4 atom stereocenters. The summed E-state index contributed by atoms with van der Waals surface area (Å²) in [5.74, 6) is 1.04. The number of nitrogens with one attached hydrogen (secondary N) is 1. The van der Waals surface area contributed by atoms with E-state index in [1.165, 1.54) is 19.3 Å². The maximum Gasteiger partial charge on any atom is 0.226 e. The van der Waals surface area contributed by atoms with Crippen LogP contribution in [0.25, 0.3) is 0 Å². The van der Waals surface area contributed by atoms with E-state index in [9.17, 15) is 24.9 Å². The van der Waals surface area contributed by atoms with Crippen molar-refractivity contribution in [2.45, 2.75) is 153 Å². The highest BCUT2D eigenvalue weighted by atomic mass is 16.3. The summed E-state index contributed by atoms with van der Waals surface area (Å²) in [6, 6.07) is -0.419. The summed E-state index contributed by atoms with van der Waals surface area (Å²) >= 11 is 0. The molecule has 4 fully saturated rings. The lowest BCUT2D eigenvalue weighted by molar-refractivity contribution is -0.147. The third-order valence-electron chi connectivity index (χ3n) is 10.1. The lowest BCUT2D eigenvalue weighted by atomic mass is 9.81. The summed E-state index contributed by atoms with van der Waals surface area (Å²) in [6.07, 6.45) is 15.0. The van der Waals surface area contributed by atoms with Crippen LogP contribution in [0.15, 0.2) is 0 Å². The van der Waals surface area contributed by atoms with Gasteiger partial charge < -0.3 is 25.5 Å². The molecule has 230 valence electrons. The van der Waals surface area contributed by atoms with E-state index in [4.69, 9.17) is 0 Å². The van der Waals surface area contributed by atoms with Gasteiger partial charge in [0.1, 0.15) is 6.10 Å². The molecule has 4 aliphatic carbocycles. The molecule has 4 aliphatic rings. The minimum Gasteiger partial charge on any atom is -0.390 e. The van der Waals surface area contributed by atoms with Crippen LogP contribution in [0, 0.1) is 29.6 Å². The summed E-state index contributed by atoms with van der Waals surface area (Å²) in [5.41, 5.74) is -0.830. The van der Waals surface area contributed by atoms with Crippen molar-refractivity contribution in [2.75, 3.05) is 13.1 Å². The Hall–Kier alpha value is -1.18. The molecular weight excluding hydrogens is 504 g/mol. The van der Waals surface area contributed by atoms with E-state index in [0.717, 1.165) is 64.2 Å². The van der Waals surface area contributed by atoms with Crippen LogP contribution in [0.3, 0.4) is 0 Å². The Bertz CT molecular complexity index is 799. The highest BCUT2D eigenvalue weighted by molar-refractivity contribution is 5.86. The van der Waals surface area contributed by atoms with Gasteiger partial charge in [0.25, 0.3) is 0 Å². The summed E-state index contributed by atoms with van der Waals surface area (Å²) in [5, 5.41) is 36.5. The summed E-state index contributed by atoms with van der Waals surface area (Å²) in [7, 11) is 0. The van der Waals surface area contributed by atoms with Crippen LogP contribution in [-0.2, 0) is 9.59 Å². The van der Waals surface area contributed by atoms with Crippen molar-refractivity contribution >= 4 is 11.8 Å². The number of aliphatic hydroxyl groups excluding tert-OH is 2. The van der Waals surface area contributed by atoms with Gasteiger partial charge in [-0.3, -0.25) is 9.59 Å². The second-order valence-electron chi connectivity index (χ2n) is 14.6. The van der Waals surface area contributed by atoms with Crippen molar-refractivity contribution in [3.8, 4) is 0 Å². The lowest BCUT2D eigenvalue weighted by Crippen LogP contribution is -2.54. The zero-order valence-corrected chi connectivity index (χ0v) is 25.4. The van der Waals surface area contributed by atoms with E-state index < -0.39 is 29.8 Å². The number of aliphatic hydroxyl groups is 3. The van der Waals surface area contributed by atoms with Gasteiger partial charge >= 0.3 is 0 Å². The molecule has 40 heavy (non-hydrogen) atoms. The molecule has 0 aliphatic heterocycles. The minimum atomic E-state index is -0.983. The number of rotatable bonds is 16. The van der Waals surface area contributed by atoms with Gasteiger partial charge in [-0.25, -0.2) is 0 Å². The van der Waals surface area contributed by atoms with Crippen LogP contribution in [-0.4, -0.2) is 69.0 Å². The van der Waals surface area contributed by atoms with E-state index in [0.29, 0.717) is 50.0 Å². The maximum absolute atomic E-state index is 14.4. The molecule has 0 spiro atoms. The van der Waals surface area contributed by atoms with Gasteiger partial charge in [-0.2, -0.15) is 0 Å². The standard InChI is InChI=1S/C33H58N2O5/c1-23(2)17-29(36)31(38)28(19-24-9-5-3-6-10-24)35(21-26-13-14-26)32(39)27(18-25-11-12-25)20-30(37)34-22-33(40)15-7-4-8-16-33/h23-29,31,36,38,40H,3-22H2,1-2H3,(H,34,37)/t27-,28+,29+,31-/m1/s1. The maximum atomic E-state index is 14.4. The van der Waals surface area contributed by atoms with Crippen molar-refractivity contribution in [2.24, 2.45) is 29.6 Å². The van der Waals surface area contributed by atoms with Gasteiger partial charge in [0, 0.05) is 25.4 Å². The van der Waals surface area contributed by atoms with Crippen molar-refractivity contribution in [3.05, 3.63) is 0 Å². The first-order chi connectivity index (χ1) is 19.1. The van der Waals surface area contributed by atoms with Gasteiger partial charge in [0.2, 0.25) is 11.8 Å². The molecule has 4 rings (SSSR count). The average molecular weight is 563 g/mol. The lowest BCUT2D eigenvalue weighted by Gasteiger charge is -2.41. The third-order valence-corrected chi connectivity index (χ3v) is 10.1. The summed E-state index contributed by atoms with van der Waals surface area (Å²) in [4.78, 5) is 29.5. The van der Waals surface area contributed by atoms with Gasteiger partial charge in [-0.1, -0.05) is 78.1 Å². The Morgan fingerprint density at radius 1 is 0.850 bits per heavy atom. The molecule has 0 unspecified atom stereocenters. The van der Waals surface area contributed by atoms with Crippen LogP contribution in [0.1, 0.15) is 129 Å². The number of amides is 2. The Morgan fingerprint density at radius 3 is 2.05 bits per heavy atom. The summed E-state index contributed by atoms with van der Waals surface area (Å²) < 4.78 is 0. The predicted molar refractivity (Wildman–Crippen MR) is 157 cm³/mol. The Labute approximate surface area is 242 Å². The zero-order chi connectivity index (χ0) is 28.7. The van der Waals surface area contributed by atoms with E-state index in [1.807, 2.05) is 18.7 Å². The first-order valence-electron chi connectivity index (χ1n) is 16.8. The molecule has 0 radical (unpaired) electrons. The van der Waals surface area contributed by atoms with Gasteiger partial charge in [0.05, 0.1) is 17.7 Å². The first-order valence-corrected chi connectivity index (χ1v) is 16.8. The Balaban J connectivity index is 1.49. The van der Waals surface area contributed by atoms with Gasteiger partial charge in [0.15, 0.2) is 0 Å². The molecule has 0 bridgehead atoms. The fraction of sp³-hybridized carbons (Fsp3) is 0.939. The van der Waals surface area contributed by atoms with E-state index in [1.54, 1.807) is 0 Å². The second-order valence-corrected chi connectivity index (χ2v) is 14.6. The van der Waals surface area contributed by atoms with Crippen LogP contribution >= 0.6 is 0 Å². The number of carbonyl (C=O) groups is 2. The molecule has 7 heteroatoms. The Morgan fingerprint density at radius 2 is 1.45 bits per heavy atom. The summed E-state index contributed by atoms with van der Waals surface area (Å²) in [6.45, 7) is 4.97. The fourth-order valence-electron chi connectivity index (χ4n) is 7.27. The molecule has 0 aromatic heterocycles. The monoisotopic (exact) mass is 562 g/mol. The minimum absolute atomic E-state index is 0.0121. The zero-order valence-electron chi connectivity index (χ0n) is 25.4. The van der Waals surface area contributed by atoms with Gasteiger partial charge in [-0.15, -0.1) is 0 Å². The molecule has 0 saturated heterocycles. The first kappa shape index (κ1) is 31.7. The molecule has 7 nitrogen and oxygen atoms in total. The largest absolute Gasteiger partial charge is 0.390 e. The molecule has 0 aromatic carbocycles. The van der Waals surface area contributed by atoms with E-state index in [2.05, 4.69) is 5.32 Å². The third kappa shape index (κ3) is 9.97. The normalized spacial score (nSPS) is 24.8. The quantitative estimate of drug-likeness (QED) is 0.213. The van der Waals surface area contributed by atoms with Crippen LogP contribution in [0.5, 0.6) is 0 Å². The number of hydrogen-bond acceptors (Lipinski definition) is 5. The average Bonchev–Trinajstić information content (AvgIpc) is 3.86. The van der Waals surface area contributed by atoms with Crippen molar-refractivity contribution in [1.29, 1.82) is 0 Å². The molecule has 4 saturated carbocycles. The molecule has 2 amide bonds. The van der Waals surface area contributed by atoms with Crippen molar-refractivity contribution in [1.82, 2.24) is 10.2 Å².